The van der Waals surface area contributed by atoms with Crippen molar-refractivity contribution in [1.29, 1.82) is 0 Å². The third kappa shape index (κ3) is 3.73. The number of nitrogens with one attached hydrogen (secondary N) is 1. The Morgan fingerprint density at radius 1 is 1.15 bits per heavy atom. The Hall–Kier alpha value is -2.03. The molecule has 0 atom stereocenters. The first kappa shape index (κ1) is 14.4. The second kappa shape index (κ2) is 6.94. The van der Waals surface area contributed by atoms with E-state index in [-0.39, 0.29) is 5.82 Å². The Labute approximate surface area is 119 Å². The average molecular weight is 273 g/mol. The highest BCUT2D eigenvalue weighted by molar-refractivity contribution is 5.52. The van der Waals surface area contributed by atoms with Crippen LogP contribution in [0.1, 0.15) is 24.5 Å². The molecule has 0 unspecified atom stereocenters. The van der Waals surface area contributed by atoms with E-state index in [9.17, 15) is 4.39 Å². The molecule has 2 aromatic carbocycles. The lowest BCUT2D eigenvalue weighted by Crippen LogP contribution is -2.04. The van der Waals surface area contributed by atoms with E-state index in [4.69, 9.17) is 4.74 Å². The highest BCUT2D eigenvalue weighted by Crippen LogP contribution is 2.20. The van der Waals surface area contributed by atoms with Gasteiger partial charge in [0.15, 0.2) is 0 Å². The van der Waals surface area contributed by atoms with Gasteiger partial charge < -0.3 is 10.1 Å². The number of hydrogen-bond acceptors (Lipinski definition) is 2. The second-order valence-corrected chi connectivity index (χ2v) is 4.78. The van der Waals surface area contributed by atoms with Gasteiger partial charge in [-0.25, -0.2) is 4.39 Å². The zero-order valence-corrected chi connectivity index (χ0v) is 11.9. The van der Waals surface area contributed by atoms with Gasteiger partial charge in [-0.05, 0) is 42.7 Å². The normalized spacial score (nSPS) is 10.3. The summed E-state index contributed by atoms with van der Waals surface area (Å²) in [6.07, 6.45) is 0.983. The first-order valence-electron chi connectivity index (χ1n) is 6.91. The molecular weight excluding hydrogens is 253 g/mol. The van der Waals surface area contributed by atoms with Crippen molar-refractivity contribution in [2.75, 3.05) is 11.9 Å². The molecule has 2 rings (SSSR count). The zero-order valence-electron chi connectivity index (χ0n) is 11.9. The van der Waals surface area contributed by atoms with E-state index in [0.29, 0.717) is 18.8 Å². The summed E-state index contributed by atoms with van der Waals surface area (Å²) in [5, 5.41) is 3.15. The van der Waals surface area contributed by atoms with E-state index in [0.717, 1.165) is 23.3 Å². The van der Waals surface area contributed by atoms with Crippen LogP contribution in [0.2, 0.25) is 0 Å². The van der Waals surface area contributed by atoms with Gasteiger partial charge in [-0.15, -0.1) is 0 Å². The molecule has 0 fully saturated rings. The topological polar surface area (TPSA) is 21.3 Å². The molecule has 2 nitrogen and oxygen atoms in total. The number of para-hydroxylation sites is 1. The maximum absolute atomic E-state index is 13.7. The molecule has 0 radical (unpaired) electrons. The molecule has 0 aliphatic carbocycles. The van der Waals surface area contributed by atoms with Crippen LogP contribution in [-0.2, 0) is 6.54 Å². The fraction of sp³-hybridized carbons (Fsp3) is 0.294. The van der Waals surface area contributed by atoms with Gasteiger partial charge in [-0.2, -0.15) is 0 Å². The molecule has 0 heterocycles. The summed E-state index contributed by atoms with van der Waals surface area (Å²) in [6.45, 7) is 5.26. The molecule has 106 valence electrons. The third-order valence-corrected chi connectivity index (χ3v) is 3.06. The van der Waals surface area contributed by atoms with Crippen LogP contribution in [0.3, 0.4) is 0 Å². The summed E-state index contributed by atoms with van der Waals surface area (Å²) in [7, 11) is 0. The van der Waals surface area contributed by atoms with Crippen molar-refractivity contribution in [3.63, 3.8) is 0 Å². The van der Waals surface area contributed by atoms with Crippen molar-refractivity contribution in [3.05, 3.63) is 59.4 Å². The van der Waals surface area contributed by atoms with Crippen molar-refractivity contribution < 1.29 is 9.13 Å². The number of benzene rings is 2. The van der Waals surface area contributed by atoms with Crippen LogP contribution in [-0.4, -0.2) is 6.61 Å². The Kier molecular flexibility index (Phi) is 4.99. The summed E-state index contributed by atoms with van der Waals surface area (Å²) in [5.74, 6) is 0.639. The lowest BCUT2D eigenvalue weighted by molar-refractivity contribution is 0.317. The Morgan fingerprint density at radius 2 is 1.95 bits per heavy atom. The van der Waals surface area contributed by atoms with Crippen LogP contribution >= 0.6 is 0 Å². The van der Waals surface area contributed by atoms with Crippen LogP contribution in [0.4, 0.5) is 10.1 Å². The van der Waals surface area contributed by atoms with Crippen LogP contribution in [0.15, 0.2) is 42.5 Å². The zero-order chi connectivity index (χ0) is 14.4. The lowest BCUT2D eigenvalue weighted by atomic mass is 10.1. The summed E-state index contributed by atoms with van der Waals surface area (Å²) in [4.78, 5) is 0. The molecule has 2 aromatic rings. The third-order valence-electron chi connectivity index (χ3n) is 3.06. The molecule has 0 amide bonds. The predicted molar refractivity (Wildman–Crippen MR) is 80.7 cm³/mol. The minimum Gasteiger partial charge on any atom is -0.494 e. The van der Waals surface area contributed by atoms with E-state index in [1.807, 2.05) is 37.3 Å². The van der Waals surface area contributed by atoms with Gasteiger partial charge >= 0.3 is 0 Å². The minimum absolute atomic E-state index is 0.219. The molecular formula is C17H20FNO. The maximum Gasteiger partial charge on any atom is 0.146 e. The highest BCUT2D eigenvalue weighted by atomic mass is 19.1. The van der Waals surface area contributed by atoms with E-state index in [2.05, 4.69) is 12.2 Å². The average Bonchev–Trinajstić information content (AvgIpc) is 2.45. The molecule has 0 aliphatic heterocycles. The summed E-state index contributed by atoms with van der Waals surface area (Å²) in [6, 6.07) is 13.0. The van der Waals surface area contributed by atoms with Crippen LogP contribution in [0.25, 0.3) is 0 Å². The first-order chi connectivity index (χ1) is 9.70. The number of aryl methyl sites for hydroxylation is 1. The SMILES string of the molecule is CCCOc1cccc(CNc2c(C)cccc2F)c1. The fourth-order valence-corrected chi connectivity index (χ4v) is 2.01. The van der Waals surface area contributed by atoms with Gasteiger partial charge in [0.25, 0.3) is 0 Å². The van der Waals surface area contributed by atoms with E-state index >= 15 is 0 Å². The molecule has 1 N–H and O–H groups in total. The van der Waals surface area contributed by atoms with E-state index in [1.165, 1.54) is 6.07 Å². The predicted octanol–water partition coefficient (Wildman–Crippen LogP) is 4.54. The molecule has 0 spiro atoms. The van der Waals surface area contributed by atoms with Crippen molar-refractivity contribution in [2.24, 2.45) is 0 Å². The monoisotopic (exact) mass is 273 g/mol. The minimum atomic E-state index is -0.219. The van der Waals surface area contributed by atoms with Crippen LogP contribution in [0.5, 0.6) is 5.75 Å². The molecule has 0 saturated carbocycles. The molecule has 0 bridgehead atoms. The van der Waals surface area contributed by atoms with E-state index < -0.39 is 0 Å². The first-order valence-corrected chi connectivity index (χ1v) is 6.91. The number of hydrogen-bond donors (Lipinski definition) is 1. The van der Waals surface area contributed by atoms with Gasteiger partial charge in [-0.3, -0.25) is 0 Å². The van der Waals surface area contributed by atoms with Crippen molar-refractivity contribution in [3.8, 4) is 5.75 Å². The maximum atomic E-state index is 13.7. The summed E-state index contributed by atoms with van der Waals surface area (Å²) in [5.41, 5.74) is 2.54. The Bertz CT molecular complexity index is 548. The number of halogens is 1. The number of anilines is 1. The highest BCUT2D eigenvalue weighted by Gasteiger charge is 2.04. The van der Waals surface area contributed by atoms with Crippen LogP contribution in [0, 0.1) is 12.7 Å². The Morgan fingerprint density at radius 3 is 2.70 bits per heavy atom. The van der Waals surface area contributed by atoms with Gasteiger partial charge in [0, 0.05) is 6.54 Å². The van der Waals surface area contributed by atoms with Crippen molar-refractivity contribution in [1.82, 2.24) is 0 Å². The summed E-state index contributed by atoms with van der Waals surface area (Å²) < 4.78 is 19.3. The standard InChI is InChI=1S/C17H20FNO/c1-3-10-20-15-8-5-7-14(11-15)12-19-17-13(2)6-4-9-16(17)18/h4-9,11,19H,3,10,12H2,1-2H3. The number of rotatable bonds is 6. The van der Waals surface area contributed by atoms with Crippen LogP contribution < -0.4 is 10.1 Å². The van der Waals surface area contributed by atoms with Crippen molar-refractivity contribution in [2.45, 2.75) is 26.8 Å². The van der Waals surface area contributed by atoms with E-state index in [1.54, 1.807) is 6.07 Å². The molecule has 0 aliphatic rings. The molecule has 3 heteroatoms. The quantitative estimate of drug-likeness (QED) is 0.834. The second-order valence-electron chi connectivity index (χ2n) is 4.78. The molecule has 0 saturated heterocycles. The lowest BCUT2D eigenvalue weighted by Gasteiger charge is -2.11. The smallest absolute Gasteiger partial charge is 0.146 e. The molecule has 20 heavy (non-hydrogen) atoms. The van der Waals surface area contributed by atoms with Gasteiger partial charge in [0.1, 0.15) is 11.6 Å². The largest absolute Gasteiger partial charge is 0.494 e. The Balaban J connectivity index is 2.03. The van der Waals surface area contributed by atoms with Gasteiger partial charge in [0.05, 0.1) is 12.3 Å². The number of ether oxygens (including phenoxy) is 1. The molecule has 0 aromatic heterocycles. The fourth-order valence-electron chi connectivity index (χ4n) is 2.01. The van der Waals surface area contributed by atoms with Crippen molar-refractivity contribution >= 4 is 5.69 Å². The summed E-state index contributed by atoms with van der Waals surface area (Å²) >= 11 is 0. The van der Waals surface area contributed by atoms with Gasteiger partial charge in [0.2, 0.25) is 0 Å². The van der Waals surface area contributed by atoms with Gasteiger partial charge in [-0.1, -0.05) is 31.2 Å².